The molecule has 6 heteroatoms. The first-order chi connectivity index (χ1) is 16.9. The topological polar surface area (TPSA) is 58.6 Å². The summed E-state index contributed by atoms with van der Waals surface area (Å²) in [7, 11) is 0. The maximum atomic E-state index is 13.6. The van der Waals surface area contributed by atoms with Gasteiger partial charge in [0.05, 0.1) is 0 Å². The summed E-state index contributed by atoms with van der Waals surface area (Å²) in [6.07, 6.45) is 1.17. The molecule has 184 valence electrons. The molecule has 2 amide bonds. The number of carbonyl (C=O) groups is 2. The van der Waals surface area contributed by atoms with Gasteiger partial charge in [0.2, 0.25) is 5.91 Å². The van der Waals surface area contributed by atoms with Crippen LogP contribution in [0.25, 0.3) is 0 Å². The minimum Gasteiger partial charge on any atom is -0.484 e. The first-order valence-electron chi connectivity index (χ1n) is 11.9. The van der Waals surface area contributed by atoms with Gasteiger partial charge in [0.25, 0.3) is 5.91 Å². The van der Waals surface area contributed by atoms with E-state index in [2.05, 4.69) is 5.32 Å². The van der Waals surface area contributed by atoms with Crippen molar-refractivity contribution in [2.45, 2.75) is 52.2 Å². The maximum Gasteiger partial charge on any atom is 0.261 e. The zero-order valence-corrected chi connectivity index (χ0v) is 21.3. The zero-order valence-electron chi connectivity index (χ0n) is 20.5. The Kier molecular flexibility index (Phi) is 9.74. The Hall–Kier alpha value is -3.31. The molecule has 3 aromatic rings. The molecule has 0 spiro atoms. The van der Waals surface area contributed by atoms with E-state index in [1.54, 1.807) is 11.0 Å². The number of nitrogens with zero attached hydrogens (tertiary/aromatic N) is 1. The van der Waals surface area contributed by atoms with Crippen molar-refractivity contribution >= 4 is 23.4 Å². The van der Waals surface area contributed by atoms with Crippen LogP contribution in [0.5, 0.6) is 5.75 Å². The van der Waals surface area contributed by atoms with E-state index in [4.69, 9.17) is 16.3 Å². The molecule has 0 aromatic heterocycles. The van der Waals surface area contributed by atoms with Gasteiger partial charge in [-0.15, -0.1) is 0 Å². The van der Waals surface area contributed by atoms with Crippen LogP contribution in [0.4, 0.5) is 0 Å². The lowest BCUT2D eigenvalue weighted by atomic mass is 10.0. The second kappa shape index (κ2) is 13.0. The van der Waals surface area contributed by atoms with Gasteiger partial charge in [-0.25, -0.2) is 0 Å². The van der Waals surface area contributed by atoms with E-state index in [1.807, 2.05) is 93.6 Å². The molecule has 0 aliphatic carbocycles. The minimum absolute atomic E-state index is 0.0122. The van der Waals surface area contributed by atoms with Crippen molar-refractivity contribution in [2.75, 3.05) is 6.61 Å². The fourth-order valence-corrected chi connectivity index (χ4v) is 3.86. The van der Waals surface area contributed by atoms with Crippen molar-refractivity contribution in [3.8, 4) is 5.75 Å². The number of carbonyl (C=O) groups excluding carboxylic acids is 2. The Bertz CT molecular complexity index is 1100. The van der Waals surface area contributed by atoms with E-state index in [0.29, 0.717) is 17.2 Å². The van der Waals surface area contributed by atoms with Gasteiger partial charge in [-0.3, -0.25) is 9.59 Å². The second-order valence-corrected chi connectivity index (χ2v) is 9.15. The summed E-state index contributed by atoms with van der Waals surface area (Å²) >= 11 is 6.44. The van der Waals surface area contributed by atoms with Gasteiger partial charge < -0.3 is 15.0 Å². The predicted octanol–water partition coefficient (Wildman–Crippen LogP) is 5.58. The SMILES string of the molecule is CC[C@H](C)NC(=O)[C@@H](Cc1ccccc1)N(Cc1ccccc1Cl)C(=O)COc1ccc(C)cc1. The van der Waals surface area contributed by atoms with Crippen molar-refractivity contribution < 1.29 is 14.3 Å². The third-order valence-corrected chi connectivity index (χ3v) is 6.32. The first kappa shape index (κ1) is 26.3. The molecule has 35 heavy (non-hydrogen) atoms. The highest BCUT2D eigenvalue weighted by Crippen LogP contribution is 2.21. The van der Waals surface area contributed by atoms with Crippen LogP contribution in [0.1, 0.15) is 37.0 Å². The molecule has 2 atom stereocenters. The largest absolute Gasteiger partial charge is 0.484 e. The van der Waals surface area contributed by atoms with Gasteiger partial charge in [-0.1, -0.05) is 84.8 Å². The number of amides is 2. The van der Waals surface area contributed by atoms with Crippen molar-refractivity contribution in [3.63, 3.8) is 0 Å². The highest BCUT2D eigenvalue weighted by atomic mass is 35.5. The lowest BCUT2D eigenvalue weighted by molar-refractivity contribution is -0.143. The summed E-state index contributed by atoms with van der Waals surface area (Å²) in [6.45, 7) is 5.97. The molecule has 0 unspecified atom stereocenters. The molecule has 0 aliphatic heterocycles. The summed E-state index contributed by atoms with van der Waals surface area (Å²) in [5, 5.41) is 3.61. The fourth-order valence-electron chi connectivity index (χ4n) is 3.67. The van der Waals surface area contributed by atoms with Gasteiger partial charge in [0, 0.05) is 24.0 Å². The van der Waals surface area contributed by atoms with E-state index in [1.165, 1.54) is 0 Å². The summed E-state index contributed by atoms with van der Waals surface area (Å²) in [5.74, 6) is 0.120. The van der Waals surface area contributed by atoms with Gasteiger partial charge in [0.1, 0.15) is 11.8 Å². The highest BCUT2D eigenvalue weighted by molar-refractivity contribution is 6.31. The van der Waals surface area contributed by atoms with Crippen LogP contribution in [0.15, 0.2) is 78.9 Å². The van der Waals surface area contributed by atoms with Crippen LogP contribution in [0.2, 0.25) is 5.02 Å². The number of rotatable bonds is 11. The van der Waals surface area contributed by atoms with Crippen LogP contribution in [-0.2, 0) is 22.6 Å². The summed E-state index contributed by atoms with van der Waals surface area (Å²) in [6, 6.07) is 23.9. The third kappa shape index (κ3) is 7.86. The van der Waals surface area contributed by atoms with E-state index >= 15 is 0 Å². The van der Waals surface area contributed by atoms with E-state index < -0.39 is 6.04 Å². The Balaban J connectivity index is 1.91. The number of nitrogens with one attached hydrogen (secondary N) is 1. The van der Waals surface area contributed by atoms with Crippen LogP contribution < -0.4 is 10.1 Å². The average molecular weight is 493 g/mol. The van der Waals surface area contributed by atoms with Crippen LogP contribution in [-0.4, -0.2) is 35.4 Å². The number of benzene rings is 3. The molecule has 5 nitrogen and oxygen atoms in total. The summed E-state index contributed by atoms with van der Waals surface area (Å²) in [5.41, 5.74) is 2.84. The maximum absolute atomic E-state index is 13.6. The Morgan fingerprint density at radius 2 is 1.63 bits per heavy atom. The van der Waals surface area contributed by atoms with Gasteiger partial charge in [-0.05, 0) is 49.6 Å². The van der Waals surface area contributed by atoms with E-state index in [0.717, 1.165) is 23.1 Å². The number of ether oxygens (including phenoxy) is 1. The fraction of sp³-hybridized carbons (Fsp3) is 0.310. The molecule has 1 N–H and O–H groups in total. The van der Waals surface area contributed by atoms with Crippen LogP contribution in [0, 0.1) is 6.92 Å². The van der Waals surface area contributed by atoms with Gasteiger partial charge in [0.15, 0.2) is 6.61 Å². The molecule has 0 fully saturated rings. The number of halogens is 1. The molecule has 0 saturated heterocycles. The second-order valence-electron chi connectivity index (χ2n) is 8.74. The number of hydrogen-bond acceptors (Lipinski definition) is 3. The van der Waals surface area contributed by atoms with Gasteiger partial charge in [-0.2, -0.15) is 0 Å². The monoisotopic (exact) mass is 492 g/mol. The molecule has 0 heterocycles. The lowest BCUT2D eigenvalue weighted by Gasteiger charge is -2.32. The first-order valence-corrected chi connectivity index (χ1v) is 12.3. The third-order valence-electron chi connectivity index (χ3n) is 5.95. The molecule has 3 aromatic carbocycles. The zero-order chi connectivity index (χ0) is 25.2. The summed E-state index contributed by atoms with van der Waals surface area (Å²) in [4.78, 5) is 28.6. The minimum atomic E-state index is -0.725. The number of hydrogen-bond donors (Lipinski definition) is 1. The van der Waals surface area contributed by atoms with Gasteiger partial charge >= 0.3 is 0 Å². The Morgan fingerprint density at radius 1 is 0.971 bits per heavy atom. The number of aryl methyl sites for hydroxylation is 1. The van der Waals surface area contributed by atoms with Crippen LogP contribution >= 0.6 is 11.6 Å². The van der Waals surface area contributed by atoms with Crippen molar-refractivity contribution in [3.05, 3.63) is 101 Å². The predicted molar refractivity (Wildman–Crippen MR) is 141 cm³/mol. The van der Waals surface area contributed by atoms with E-state index in [9.17, 15) is 9.59 Å². The van der Waals surface area contributed by atoms with Crippen molar-refractivity contribution in [1.82, 2.24) is 10.2 Å². The molecule has 0 bridgehead atoms. The van der Waals surface area contributed by atoms with Crippen LogP contribution in [0.3, 0.4) is 0 Å². The highest BCUT2D eigenvalue weighted by Gasteiger charge is 2.31. The molecular formula is C29H33ClN2O3. The standard InChI is InChI=1S/C29H33ClN2O3/c1-4-22(3)31-29(34)27(18-23-10-6-5-7-11-23)32(19-24-12-8-9-13-26(24)30)28(33)20-35-25-16-14-21(2)15-17-25/h5-17,22,27H,4,18-20H2,1-3H3,(H,31,34)/t22-,27+/m0/s1. The van der Waals surface area contributed by atoms with E-state index in [-0.39, 0.29) is 31.0 Å². The van der Waals surface area contributed by atoms with Crippen molar-refractivity contribution in [2.24, 2.45) is 0 Å². The normalized spacial score (nSPS) is 12.5. The lowest BCUT2D eigenvalue weighted by Crippen LogP contribution is -2.53. The molecule has 0 aliphatic rings. The summed E-state index contributed by atoms with van der Waals surface area (Å²) < 4.78 is 5.80. The molecule has 3 rings (SSSR count). The quantitative estimate of drug-likeness (QED) is 0.380. The Morgan fingerprint density at radius 3 is 2.29 bits per heavy atom. The van der Waals surface area contributed by atoms with Crippen molar-refractivity contribution in [1.29, 1.82) is 0 Å². The Labute approximate surface area is 213 Å². The molecule has 0 saturated carbocycles. The average Bonchev–Trinajstić information content (AvgIpc) is 2.87. The molecule has 0 radical (unpaired) electrons. The smallest absolute Gasteiger partial charge is 0.261 e. The molecular weight excluding hydrogens is 460 g/mol.